The molecule has 0 aromatic heterocycles. The molecule has 0 aliphatic carbocycles. The SMILES string of the molecule is O=C(OCc1ccccc1)c1cc2c3c(c1)N(c1cc(-c4ccccc4)cc(-c4ccccc4)c1)c1cc4c(cc1B3c1ccccc1N2c1cc(-c2ccccc2)cc(-c2ccccc2)c1)B1c2cccc3c2N2c5c(cccc5B5c6ccccc6N(c6cc(-c7ccccc7)cc(-c7ccccc7)c6)c6cc(c1c2c65)N4c1cc(-c2ccccc2)cc(-c2ccccc2)c1)O3. The van der Waals surface area contributed by atoms with Crippen LogP contribution >= 0.6 is 0 Å². The molecular weight excluding hydrogens is 1620 g/mol. The highest BCUT2D eigenvalue weighted by atomic mass is 16.5. The lowest BCUT2D eigenvalue weighted by atomic mass is 9.28. The van der Waals surface area contributed by atoms with E-state index in [2.05, 4.69) is 455 Å². The Morgan fingerprint density at radius 1 is 0.211 bits per heavy atom. The van der Waals surface area contributed by atoms with Crippen LogP contribution in [0.15, 0.2) is 461 Å². The Labute approximate surface area is 773 Å². The maximum Gasteiger partial charge on any atom is 0.338 e. The number of rotatable bonds is 15. The number of esters is 1. The zero-order valence-corrected chi connectivity index (χ0v) is 72.3. The summed E-state index contributed by atoms with van der Waals surface area (Å²) in [6.45, 7) is -1.03. The molecule has 0 fully saturated rings. The van der Waals surface area contributed by atoms with Gasteiger partial charge in [-0.15, -0.1) is 0 Å². The van der Waals surface area contributed by atoms with Crippen LogP contribution in [0.1, 0.15) is 15.9 Å². The van der Waals surface area contributed by atoms with E-state index >= 15 is 4.79 Å². The van der Waals surface area contributed by atoms with Gasteiger partial charge in [-0.1, -0.05) is 340 Å². The van der Waals surface area contributed by atoms with Crippen molar-refractivity contribution in [2.75, 3.05) is 24.5 Å². The third-order valence-corrected chi connectivity index (χ3v) is 28.1. The van der Waals surface area contributed by atoms with Crippen LogP contribution < -0.4 is 78.4 Å². The molecule has 0 unspecified atom stereocenters. The third-order valence-electron chi connectivity index (χ3n) is 28.1. The molecule has 20 aromatic carbocycles. The summed E-state index contributed by atoms with van der Waals surface area (Å²) in [6.07, 6.45) is 0. The third kappa shape index (κ3) is 12.2. The minimum Gasteiger partial charge on any atom is -0.457 e. The molecule has 0 saturated heterocycles. The van der Waals surface area contributed by atoms with Crippen LogP contribution in [-0.4, -0.2) is 26.1 Å². The van der Waals surface area contributed by atoms with Gasteiger partial charge in [0.2, 0.25) is 0 Å². The Morgan fingerprint density at radius 2 is 0.481 bits per heavy atom. The largest absolute Gasteiger partial charge is 0.457 e. The Balaban J connectivity index is 0.797. The fourth-order valence-corrected chi connectivity index (χ4v) is 22.4. The van der Waals surface area contributed by atoms with Crippen molar-refractivity contribution < 1.29 is 14.3 Å². The molecule has 27 rings (SSSR count). The number of carbonyl (C=O) groups is 1. The van der Waals surface area contributed by atoms with Crippen LogP contribution in [-0.2, 0) is 11.3 Å². The summed E-state index contributed by atoms with van der Waals surface area (Å²) >= 11 is 0. The number of hydrogen-bond acceptors (Lipinski definition) is 8. The number of para-hydroxylation sites is 4. The maximum atomic E-state index is 16.3. The molecule has 7 aliphatic rings. The molecule has 0 saturated carbocycles. The molecule has 0 atom stereocenters. The van der Waals surface area contributed by atoms with Gasteiger partial charge in [-0.05, 0) is 265 Å². The van der Waals surface area contributed by atoms with Crippen molar-refractivity contribution in [2.45, 2.75) is 6.61 Å². The van der Waals surface area contributed by atoms with Crippen molar-refractivity contribution in [3.05, 3.63) is 472 Å². The van der Waals surface area contributed by atoms with Crippen molar-refractivity contribution in [3.8, 4) is 101 Å². The molecular formula is C122H78B3N5O3. The van der Waals surface area contributed by atoms with Crippen LogP contribution in [0.3, 0.4) is 0 Å². The fourth-order valence-electron chi connectivity index (χ4n) is 22.4. The molecule has 0 amide bonds. The molecule has 20 aromatic rings. The molecule has 8 nitrogen and oxygen atoms in total. The predicted octanol–water partition coefficient (Wildman–Crippen LogP) is 25.3. The second-order valence-electron chi connectivity index (χ2n) is 35.6. The maximum absolute atomic E-state index is 16.3. The lowest BCUT2D eigenvalue weighted by Crippen LogP contribution is -2.69. The number of nitrogens with zero attached hydrogens (tertiary/aromatic N) is 5. The van der Waals surface area contributed by atoms with Crippen LogP contribution in [0.4, 0.5) is 85.3 Å². The summed E-state index contributed by atoms with van der Waals surface area (Å²) in [5.41, 5.74) is 43.9. The van der Waals surface area contributed by atoms with E-state index in [1.165, 1.54) is 21.9 Å². The molecule has 7 aliphatic heterocycles. The van der Waals surface area contributed by atoms with Gasteiger partial charge in [0.05, 0.1) is 16.9 Å². The van der Waals surface area contributed by atoms with Gasteiger partial charge in [-0.2, -0.15) is 0 Å². The van der Waals surface area contributed by atoms with Crippen molar-refractivity contribution >= 4 is 161 Å². The summed E-state index contributed by atoms with van der Waals surface area (Å²) in [4.78, 5) is 29.2. The first-order valence-corrected chi connectivity index (χ1v) is 45.8. The topological polar surface area (TPSA) is 51.7 Å². The molecule has 618 valence electrons. The van der Waals surface area contributed by atoms with Crippen molar-refractivity contribution in [1.82, 2.24) is 0 Å². The van der Waals surface area contributed by atoms with Crippen molar-refractivity contribution in [3.63, 3.8) is 0 Å². The smallest absolute Gasteiger partial charge is 0.338 e. The summed E-state index contributed by atoms with van der Waals surface area (Å²) < 4.78 is 14.2. The van der Waals surface area contributed by atoms with Gasteiger partial charge < -0.3 is 34.0 Å². The van der Waals surface area contributed by atoms with Gasteiger partial charge >= 0.3 is 5.97 Å². The molecule has 7 heterocycles. The predicted molar refractivity (Wildman–Crippen MR) is 553 cm³/mol. The first-order valence-electron chi connectivity index (χ1n) is 45.8. The lowest BCUT2D eigenvalue weighted by molar-refractivity contribution is 0.0472. The van der Waals surface area contributed by atoms with E-state index in [4.69, 9.17) is 9.47 Å². The summed E-state index contributed by atoms with van der Waals surface area (Å²) in [7, 11) is 0. The lowest BCUT2D eigenvalue weighted by Gasteiger charge is -2.52. The van der Waals surface area contributed by atoms with E-state index < -0.39 is 19.4 Å². The summed E-state index contributed by atoms with van der Waals surface area (Å²) in [5, 5.41) is 0. The number of ether oxygens (including phenoxy) is 2. The highest BCUT2D eigenvalue weighted by Gasteiger charge is 2.56. The number of hydrogen-bond donors (Lipinski definition) is 0. The second kappa shape index (κ2) is 30.5. The molecule has 0 N–H and O–H groups in total. The van der Waals surface area contributed by atoms with Crippen LogP contribution in [0.25, 0.3) is 89.0 Å². The first kappa shape index (κ1) is 76.0. The molecule has 11 heteroatoms. The van der Waals surface area contributed by atoms with E-state index in [1.54, 1.807) is 0 Å². The minimum atomic E-state index is -0.451. The van der Waals surface area contributed by atoms with Crippen LogP contribution in [0.2, 0.25) is 0 Å². The molecule has 0 radical (unpaired) electrons. The van der Waals surface area contributed by atoms with Gasteiger partial charge in [0.15, 0.2) is 11.5 Å². The van der Waals surface area contributed by atoms with Gasteiger partial charge in [0.25, 0.3) is 20.1 Å². The van der Waals surface area contributed by atoms with E-state index in [1.807, 2.05) is 30.3 Å². The average molecular weight is 1690 g/mol. The van der Waals surface area contributed by atoms with E-state index in [0.717, 1.165) is 219 Å². The zero-order valence-electron chi connectivity index (χ0n) is 72.3. The fraction of sp³-hybridized carbons (Fsp3) is 0.00820. The van der Waals surface area contributed by atoms with Gasteiger partial charge in [0.1, 0.15) is 6.61 Å². The Kier molecular flexibility index (Phi) is 17.4. The summed E-state index contributed by atoms with van der Waals surface area (Å²) in [6, 6.07) is 169. The molecule has 0 spiro atoms. The Morgan fingerprint density at radius 3 is 0.820 bits per heavy atom. The van der Waals surface area contributed by atoms with E-state index in [0.29, 0.717) is 5.56 Å². The quantitative estimate of drug-likeness (QED) is 0.0743. The number of anilines is 15. The zero-order chi connectivity index (χ0) is 87.5. The molecule has 133 heavy (non-hydrogen) atoms. The standard InChI is InChI=1S/C122H78B3N5O3/c131-122(132-77-78-34-10-1-11-35-78)95-72-110-116-111(73-95)128(98-68-91(83-44-20-6-21-45-83)62-92(69-98)84-46-22-7-23-47-84)108-75-109-105(74-104(108)124(116)101-53-29-31-57-107(101)126(110)96-64-87(79-36-12-2-13-37-79)60-88(65-96)80-38-14-3-15-39-80)125-103-55-33-59-115-120(103)130-119-102(54-32-58-114(119)133-115)123-100-52-28-30-56-106(100)127(97-66-89(81-40-16-4-17-41-81)61-90(67-97)82-42-18-5-19-43-82)112-76-113(118(125)121(130)117(112)123)129(109)99-70-93(85-48-24-8-25-49-85)63-94(71-99)86-50-26-9-27-51-86/h1-76H,77H2. The van der Waals surface area contributed by atoms with Gasteiger partial charge in [-0.25, -0.2) is 4.79 Å². The van der Waals surface area contributed by atoms with Gasteiger partial charge in [-0.3, -0.25) is 0 Å². The normalized spacial score (nSPS) is 13.1. The first-order chi connectivity index (χ1) is 65.9. The van der Waals surface area contributed by atoms with E-state index in [9.17, 15) is 0 Å². The number of fused-ring (bicyclic) bond motifs is 10. The highest BCUT2D eigenvalue weighted by Crippen LogP contribution is 2.58. The number of benzene rings is 20. The van der Waals surface area contributed by atoms with Gasteiger partial charge in [0, 0.05) is 73.9 Å². The highest BCUT2D eigenvalue weighted by molar-refractivity contribution is 7.06. The Hall–Kier alpha value is -17.1. The van der Waals surface area contributed by atoms with Crippen LogP contribution in [0.5, 0.6) is 11.5 Å². The van der Waals surface area contributed by atoms with Crippen molar-refractivity contribution in [2.24, 2.45) is 0 Å². The average Bonchev–Trinajstić information content (AvgIpc) is 0.656. The minimum absolute atomic E-state index is 0.0713. The molecule has 0 bridgehead atoms. The summed E-state index contributed by atoms with van der Waals surface area (Å²) in [5.74, 6) is 1.18. The monoisotopic (exact) mass is 1690 g/mol. The number of carbonyl (C=O) groups excluding carboxylic acids is 1. The van der Waals surface area contributed by atoms with Crippen molar-refractivity contribution in [1.29, 1.82) is 0 Å². The van der Waals surface area contributed by atoms with Crippen LogP contribution in [0, 0.1) is 0 Å². The second-order valence-corrected chi connectivity index (χ2v) is 35.6. The Bertz CT molecular complexity index is 7930. The van der Waals surface area contributed by atoms with E-state index in [-0.39, 0.29) is 13.3 Å².